The topological polar surface area (TPSA) is 50.4 Å². The number of benzene rings is 1. The number of rotatable bonds is 6. The number of nitrogens with one attached hydrogen (secondary N) is 2. The van der Waals surface area contributed by atoms with Crippen LogP contribution in [0.2, 0.25) is 0 Å². The van der Waals surface area contributed by atoms with Gasteiger partial charge in [0.1, 0.15) is 11.3 Å². The highest BCUT2D eigenvalue weighted by atomic mass is 32.2. The normalized spacial score (nSPS) is 31.0. The molecule has 1 atom stereocenters. The van der Waals surface area contributed by atoms with Crippen LogP contribution in [-0.4, -0.2) is 29.2 Å². The van der Waals surface area contributed by atoms with E-state index in [4.69, 9.17) is 0 Å². The largest absolute Gasteiger partial charge is 0.573 e. The molecule has 1 aromatic carbocycles. The molecule has 31 heavy (non-hydrogen) atoms. The van der Waals surface area contributed by atoms with Crippen LogP contribution in [0.15, 0.2) is 29.2 Å². The molecule has 1 unspecified atom stereocenters. The van der Waals surface area contributed by atoms with Gasteiger partial charge < -0.3 is 10.1 Å². The summed E-state index contributed by atoms with van der Waals surface area (Å²) in [7, 11) is -0.599. The molecule has 5 rings (SSSR count). The molecule has 1 amide bonds. The van der Waals surface area contributed by atoms with Crippen molar-refractivity contribution in [2.45, 2.75) is 75.7 Å². The van der Waals surface area contributed by atoms with E-state index in [9.17, 15) is 18.0 Å². The van der Waals surface area contributed by atoms with Gasteiger partial charge in [-0.15, -0.1) is 13.2 Å². The van der Waals surface area contributed by atoms with Gasteiger partial charge in [0, 0.05) is 10.9 Å². The maximum atomic E-state index is 13.2. The predicted molar refractivity (Wildman–Crippen MR) is 117 cm³/mol. The first-order chi connectivity index (χ1) is 14.5. The van der Waals surface area contributed by atoms with E-state index in [-0.39, 0.29) is 17.7 Å². The molecule has 4 nitrogen and oxygen atoms in total. The second-order valence-corrected chi connectivity index (χ2v) is 11.6. The van der Waals surface area contributed by atoms with Crippen molar-refractivity contribution in [1.82, 2.24) is 10.0 Å². The van der Waals surface area contributed by atoms with Crippen LogP contribution in [0.1, 0.15) is 52.9 Å². The maximum absolute atomic E-state index is 13.2. The van der Waals surface area contributed by atoms with Crippen molar-refractivity contribution in [1.29, 1.82) is 0 Å². The Labute approximate surface area is 184 Å². The van der Waals surface area contributed by atoms with Crippen LogP contribution in [0.25, 0.3) is 0 Å². The molecule has 4 saturated carbocycles. The minimum absolute atomic E-state index is 0.0126. The van der Waals surface area contributed by atoms with Crippen LogP contribution in [0.3, 0.4) is 0 Å². The van der Waals surface area contributed by atoms with Crippen LogP contribution < -0.4 is 14.8 Å². The van der Waals surface area contributed by atoms with Crippen molar-refractivity contribution in [2.75, 3.05) is 0 Å². The van der Waals surface area contributed by atoms with Gasteiger partial charge in [0.15, 0.2) is 0 Å². The highest BCUT2D eigenvalue weighted by molar-refractivity contribution is 8.13. The Morgan fingerprint density at radius 3 is 2.06 bits per heavy atom. The Morgan fingerprint density at radius 2 is 1.58 bits per heavy atom. The Balaban J connectivity index is 1.40. The maximum Gasteiger partial charge on any atom is 0.573 e. The number of amides is 1. The fraction of sp³-hybridized carbons (Fsp3) is 0.652. The summed E-state index contributed by atoms with van der Waals surface area (Å²) in [6.07, 6.45) is 1.63. The van der Waals surface area contributed by atoms with Gasteiger partial charge in [-0.05, 0) is 106 Å². The van der Waals surface area contributed by atoms with Gasteiger partial charge in [-0.3, -0.25) is 9.52 Å². The molecule has 0 heterocycles. The molecular formula is C23H31F3N2O2S. The number of halogens is 3. The van der Waals surface area contributed by atoms with Gasteiger partial charge in [0.05, 0.1) is 0 Å². The minimum Gasteiger partial charge on any atom is -0.406 e. The van der Waals surface area contributed by atoms with Crippen molar-refractivity contribution < 1.29 is 22.7 Å². The zero-order chi connectivity index (χ0) is 22.4. The first kappa shape index (κ1) is 22.6. The Bertz CT molecular complexity index is 823. The van der Waals surface area contributed by atoms with Crippen LogP contribution in [-0.2, 0) is 4.79 Å². The van der Waals surface area contributed by atoms with Crippen LogP contribution >= 0.6 is 10.7 Å². The van der Waals surface area contributed by atoms with Gasteiger partial charge in [-0.25, -0.2) is 0 Å². The highest BCUT2D eigenvalue weighted by Gasteiger charge is 2.49. The smallest absolute Gasteiger partial charge is 0.406 e. The molecule has 0 spiro atoms. The SMILES string of the molecule is C/C=S(/NC(C)(C)C(=O)NC1C2CC3CC(C2)CC1C3)c1ccc(OC(F)(F)F)cc1. The summed E-state index contributed by atoms with van der Waals surface area (Å²) in [5, 5.41) is 5.29. The Morgan fingerprint density at radius 1 is 1.03 bits per heavy atom. The van der Waals surface area contributed by atoms with Crippen LogP contribution in [0, 0.1) is 23.7 Å². The molecule has 0 aromatic heterocycles. The minimum atomic E-state index is -4.71. The zero-order valence-corrected chi connectivity index (χ0v) is 19.0. The summed E-state index contributed by atoms with van der Waals surface area (Å²) in [6.45, 7) is 5.61. The second kappa shape index (κ2) is 8.43. The summed E-state index contributed by atoms with van der Waals surface area (Å²) < 4.78 is 44.5. The molecular weight excluding hydrogens is 425 g/mol. The molecule has 8 heteroatoms. The highest BCUT2D eigenvalue weighted by Crippen LogP contribution is 2.53. The quantitative estimate of drug-likeness (QED) is 0.574. The molecule has 0 aliphatic heterocycles. The number of hydrogen-bond acceptors (Lipinski definition) is 3. The van der Waals surface area contributed by atoms with Gasteiger partial charge in [-0.2, -0.15) is 0 Å². The lowest BCUT2D eigenvalue weighted by molar-refractivity contribution is -0.274. The molecule has 4 aliphatic carbocycles. The first-order valence-electron chi connectivity index (χ1n) is 11.0. The average molecular weight is 457 g/mol. The van der Waals surface area contributed by atoms with Gasteiger partial charge in [-0.1, -0.05) is 10.7 Å². The van der Waals surface area contributed by atoms with E-state index in [0.29, 0.717) is 11.8 Å². The van der Waals surface area contributed by atoms with Gasteiger partial charge in [0.2, 0.25) is 5.91 Å². The van der Waals surface area contributed by atoms with E-state index in [1.807, 2.05) is 26.1 Å². The zero-order valence-electron chi connectivity index (χ0n) is 18.2. The van der Waals surface area contributed by atoms with E-state index in [1.165, 1.54) is 44.2 Å². The third kappa shape index (κ3) is 5.11. The fourth-order valence-corrected chi connectivity index (χ4v) is 7.44. The lowest BCUT2D eigenvalue weighted by Crippen LogP contribution is -2.60. The van der Waals surface area contributed by atoms with E-state index in [2.05, 4.69) is 14.8 Å². The Hall–Kier alpha value is -1.54. The molecule has 0 radical (unpaired) electrons. The fourth-order valence-electron chi connectivity index (χ4n) is 5.86. The lowest BCUT2D eigenvalue weighted by atomic mass is 9.54. The van der Waals surface area contributed by atoms with Crippen LogP contribution in [0.4, 0.5) is 13.2 Å². The van der Waals surface area contributed by atoms with E-state index in [1.54, 1.807) is 12.1 Å². The van der Waals surface area contributed by atoms with Crippen molar-refractivity contribution in [3.63, 3.8) is 0 Å². The average Bonchev–Trinajstić information content (AvgIpc) is 2.67. The van der Waals surface area contributed by atoms with Crippen molar-refractivity contribution in [3.8, 4) is 5.75 Å². The second-order valence-electron chi connectivity index (χ2n) is 9.75. The monoisotopic (exact) mass is 456 g/mol. The van der Waals surface area contributed by atoms with Gasteiger partial charge in [0.25, 0.3) is 0 Å². The molecule has 4 fully saturated rings. The molecule has 1 aromatic rings. The van der Waals surface area contributed by atoms with E-state index >= 15 is 0 Å². The summed E-state index contributed by atoms with van der Waals surface area (Å²) in [6, 6.07) is 6.07. The summed E-state index contributed by atoms with van der Waals surface area (Å²) in [5.74, 6) is 2.65. The molecule has 4 aliphatic rings. The Kier molecular flexibility index (Phi) is 6.16. The predicted octanol–water partition coefficient (Wildman–Crippen LogP) is 5.26. The number of hydrogen-bond donors (Lipinski definition) is 2. The summed E-state index contributed by atoms with van der Waals surface area (Å²) in [4.78, 5) is 14.0. The van der Waals surface area contributed by atoms with E-state index in [0.717, 1.165) is 16.7 Å². The lowest BCUT2D eigenvalue weighted by Gasteiger charge is -2.54. The number of alkyl halides is 3. The van der Waals surface area contributed by atoms with Crippen molar-refractivity contribution in [3.05, 3.63) is 24.3 Å². The first-order valence-corrected chi connectivity index (χ1v) is 12.3. The summed E-state index contributed by atoms with van der Waals surface area (Å²) >= 11 is 0. The third-order valence-corrected chi connectivity index (χ3v) is 8.99. The summed E-state index contributed by atoms with van der Waals surface area (Å²) in [5.41, 5.74) is -0.814. The van der Waals surface area contributed by atoms with Crippen LogP contribution in [0.5, 0.6) is 5.75 Å². The third-order valence-electron chi connectivity index (χ3n) is 7.00. The van der Waals surface area contributed by atoms with E-state index < -0.39 is 22.6 Å². The molecule has 0 saturated heterocycles. The van der Waals surface area contributed by atoms with Crippen molar-refractivity contribution >= 4 is 21.9 Å². The molecule has 2 N–H and O–H groups in total. The standard InChI is InChI=1S/C23H31F3N2O2S/c1-4-31(19-7-5-18(6-8-19)30-23(24,25)26)28-22(2,3)21(29)27-20-16-10-14-9-15(12-16)13-17(20)11-14/h4-8,14-17,20,28H,9-13H2,1-3H3,(H,27,29). The number of ether oxygens (including phenoxy) is 1. The number of carbonyl (C=O) groups excluding carboxylic acids is 1. The molecule has 172 valence electrons. The van der Waals surface area contributed by atoms with Gasteiger partial charge >= 0.3 is 6.36 Å². The number of carbonyl (C=O) groups is 1. The van der Waals surface area contributed by atoms with Crippen molar-refractivity contribution in [2.24, 2.45) is 23.7 Å². The molecule has 4 bridgehead atoms.